The molecule has 2 N–H and O–H groups in total. The fourth-order valence-corrected chi connectivity index (χ4v) is 1.93. The molecule has 0 heterocycles. The summed E-state index contributed by atoms with van der Waals surface area (Å²) in [5, 5.41) is 0. The van der Waals surface area contributed by atoms with Crippen LogP contribution in [0.5, 0.6) is 5.75 Å². The summed E-state index contributed by atoms with van der Waals surface area (Å²) < 4.78 is 7.00. The average molecular weight is 286 g/mol. The molecule has 1 unspecified atom stereocenters. The van der Waals surface area contributed by atoms with Crippen LogP contribution >= 0.6 is 15.9 Å². The molecule has 1 aromatic carbocycles. The predicted octanol–water partition coefficient (Wildman–Crippen LogP) is 3.69. The van der Waals surface area contributed by atoms with Gasteiger partial charge in [-0.1, -0.05) is 36.7 Å². The summed E-state index contributed by atoms with van der Waals surface area (Å²) in [5.41, 5.74) is 6.88. The fraction of sp³-hybridized carbons (Fsp3) is 0.538. The van der Waals surface area contributed by atoms with E-state index in [1.54, 1.807) is 0 Å². The second-order valence-corrected chi connectivity index (χ2v) is 5.14. The Balaban J connectivity index is 2.94. The van der Waals surface area contributed by atoms with E-state index in [2.05, 4.69) is 42.8 Å². The molecule has 0 bridgehead atoms. The summed E-state index contributed by atoms with van der Waals surface area (Å²) in [7, 11) is 0. The lowest BCUT2D eigenvalue weighted by atomic mass is 10.0. The molecule has 2 nitrogen and oxygen atoms in total. The summed E-state index contributed by atoms with van der Waals surface area (Å²) in [6, 6.07) is 6.13. The van der Waals surface area contributed by atoms with Crippen LogP contribution in [0.4, 0.5) is 0 Å². The zero-order valence-corrected chi connectivity index (χ0v) is 11.8. The zero-order valence-electron chi connectivity index (χ0n) is 10.2. The van der Waals surface area contributed by atoms with Gasteiger partial charge in [0.05, 0.1) is 0 Å². The number of benzene rings is 1. The first kappa shape index (κ1) is 13.5. The highest BCUT2D eigenvalue weighted by Crippen LogP contribution is 2.30. The van der Waals surface area contributed by atoms with Crippen molar-refractivity contribution in [1.82, 2.24) is 0 Å². The van der Waals surface area contributed by atoms with E-state index in [4.69, 9.17) is 10.5 Å². The second-order valence-electron chi connectivity index (χ2n) is 4.22. The first-order chi connectivity index (χ1) is 7.58. The van der Waals surface area contributed by atoms with Crippen molar-refractivity contribution in [1.29, 1.82) is 0 Å². The van der Waals surface area contributed by atoms with Crippen molar-refractivity contribution in [2.24, 2.45) is 5.73 Å². The number of hydrogen-bond acceptors (Lipinski definition) is 2. The monoisotopic (exact) mass is 285 g/mol. The van der Waals surface area contributed by atoms with E-state index in [1.165, 1.54) is 5.56 Å². The van der Waals surface area contributed by atoms with Gasteiger partial charge in [0.1, 0.15) is 11.9 Å². The molecule has 0 aliphatic carbocycles. The first-order valence-corrected chi connectivity index (χ1v) is 6.54. The van der Waals surface area contributed by atoms with Gasteiger partial charge in [-0.2, -0.15) is 0 Å². The van der Waals surface area contributed by atoms with E-state index in [1.807, 2.05) is 12.1 Å². The summed E-state index contributed by atoms with van der Waals surface area (Å²) in [4.78, 5) is 0. The van der Waals surface area contributed by atoms with Gasteiger partial charge in [-0.05, 0) is 36.1 Å². The minimum atomic E-state index is 0.110. The quantitative estimate of drug-likeness (QED) is 0.896. The number of halogens is 1. The van der Waals surface area contributed by atoms with Gasteiger partial charge >= 0.3 is 0 Å². The van der Waals surface area contributed by atoms with E-state index in [0.717, 1.165) is 16.6 Å². The third kappa shape index (κ3) is 3.49. The molecule has 1 rings (SSSR count). The number of nitrogens with two attached hydrogens (primary N) is 1. The van der Waals surface area contributed by atoms with Crippen LogP contribution in [-0.4, -0.2) is 12.6 Å². The standard InChI is InChI=1S/C13H20BrNO/c1-4-11(8-15)16-13-6-5-10(14)7-12(13)9(2)3/h5-7,9,11H,4,8,15H2,1-3H3. The molecule has 90 valence electrons. The topological polar surface area (TPSA) is 35.2 Å². The van der Waals surface area contributed by atoms with Gasteiger partial charge in [0.25, 0.3) is 0 Å². The number of rotatable bonds is 5. The maximum atomic E-state index is 5.91. The molecule has 16 heavy (non-hydrogen) atoms. The van der Waals surface area contributed by atoms with Gasteiger partial charge in [-0.3, -0.25) is 0 Å². The molecular formula is C13H20BrNO. The van der Waals surface area contributed by atoms with Crippen LogP contribution in [0.3, 0.4) is 0 Å². The second kappa shape index (κ2) is 6.26. The molecule has 1 atom stereocenters. The van der Waals surface area contributed by atoms with Gasteiger partial charge < -0.3 is 10.5 Å². The van der Waals surface area contributed by atoms with Crippen LogP contribution in [0.1, 0.15) is 38.7 Å². The average Bonchev–Trinajstić information content (AvgIpc) is 2.27. The van der Waals surface area contributed by atoms with E-state index in [-0.39, 0.29) is 6.10 Å². The molecule has 0 saturated carbocycles. The molecule has 0 saturated heterocycles. The van der Waals surface area contributed by atoms with Gasteiger partial charge in [0, 0.05) is 11.0 Å². The van der Waals surface area contributed by atoms with Gasteiger partial charge in [0.15, 0.2) is 0 Å². The maximum Gasteiger partial charge on any atom is 0.123 e. The van der Waals surface area contributed by atoms with Crippen LogP contribution < -0.4 is 10.5 Å². The molecule has 0 amide bonds. The SMILES string of the molecule is CCC(CN)Oc1ccc(Br)cc1C(C)C. The smallest absolute Gasteiger partial charge is 0.123 e. The van der Waals surface area contributed by atoms with Crippen LogP contribution in [0.25, 0.3) is 0 Å². The lowest BCUT2D eigenvalue weighted by Crippen LogP contribution is -2.26. The molecule has 0 fully saturated rings. The largest absolute Gasteiger partial charge is 0.489 e. The summed E-state index contributed by atoms with van der Waals surface area (Å²) in [5.74, 6) is 1.40. The minimum absolute atomic E-state index is 0.110. The van der Waals surface area contributed by atoms with E-state index >= 15 is 0 Å². The predicted molar refractivity (Wildman–Crippen MR) is 72.0 cm³/mol. The first-order valence-electron chi connectivity index (χ1n) is 5.74. The summed E-state index contributed by atoms with van der Waals surface area (Å²) >= 11 is 3.48. The van der Waals surface area contributed by atoms with Crippen molar-refractivity contribution in [2.45, 2.75) is 39.2 Å². The molecule has 0 spiro atoms. The van der Waals surface area contributed by atoms with E-state index in [0.29, 0.717) is 12.5 Å². The minimum Gasteiger partial charge on any atom is -0.489 e. The highest BCUT2D eigenvalue weighted by molar-refractivity contribution is 9.10. The highest BCUT2D eigenvalue weighted by Gasteiger charge is 2.12. The Hall–Kier alpha value is -0.540. The van der Waals surface area contributed by atoms with Crippen molar-refractivity contribution >= 4 is 15.9 Å². The molecule has 0 radical (unpaired) electrons. The molecule has 0 aromatic heterocycles. The maximum absolute atomic E-state index is 5.91. The van der Waals surface area contributed by atoms with Crippen LogP contribution in [-0.2, 0) is 0 Å². The van der Waals surface area contributed by atoms with Gasteiger partial charge in [-0.25, -0.2) is 0 Å². The molecule has 3 heteroatoms. The lowest BCUT2D eigenvalue weighted by molar-refractivity contribution is 0.202. The van der Waals surface area contributed by atoms with Gasteiger partial charge in [0.2, 0.25) is 0 Å². The van der Waals surface area contributed by atoms with E-state index < -0.39 is 0 Å². The molecular weight excluding hydrogens is 266 g/mol. The molecule has 0 aliphatic heterocycles. The van der Waals surface area contributed by atoms with Crippen molar-refractivity contribution in [2.75, 3.05) is 6.54 Å². The van der Waals surface area contributed by atoms with Crippen molar-refractivity contribution in [3.63, 3.8) is 0 Å². The Morgan fingerprint density at radius 3 is 2.56 bits per heavy atom. The lowest BCUT2D eigenvalue weighted by Gasteiger charge is -2.20. The summed E-state index contributed by atoms with van der Waals surface area (Å²) in [6.45, 7) is 6.98. The fourth-order valence-electron chi connectivity index (χ4n) is 1.56. The third-order valence-electron chi connectivity index (χ3n) is 2.61. The number of ether oxygens (including phenoxy) is 1. The molecule has 1 aromatic rings. The Kier molecular flexibility index (Phi) is 5.29. The van der Waals surface area contributed by atoms with E-state index in [9.17, 15) is 0 Å². The summed E-state index contributed by atoms with van der Waals surface area (Å²) in [6.07, 6.45) is 1.04. The normalized spacial score (nSPS) is 12.9. The highest BCUT2D eigenvalue weighted by atomic mass is 79.9. The van der Waals surface area contributed by atoms with Gasteiger partial charge in [-0.15, -0.1) is 0 Å². The van der Waals surface area contributed by atoms with Crippen LogP contribution in [0.2, 0.25) is 0 Å². The van der Waals surface area contributed by atoms with Crippen molar-refractivity contribution in [3.8, 4) is 5.75 Å². The Morgan fingerprint density at radius 2 is 2.06 bits per heavy atom. The molecule has 0 aliphatic rings. The third-order valence-corrected chi connectivity index (χ3v) is 3.10. The Bertz CT molecular complexity index is 335. The zero-order chi connectivity index (χ0) is 12.1. The Morgan fingerprint density at radius 1 is 1.38 bits per heavy atom. The Labute approximate surface area is 106 Å². The van der Waals surface area contributed by atoms with Crippen molar-refractivity contribution < 1.29 is 4.74 Å². The van der Waals surface area contributed by atoms with Crippen LogP contribution in [0, 0.1) is 0 Å². The van der Waals surface area contributed by atoms with Crippen molar-refractivity contribution in [3.05, 3.63) is 28.2 Å². The number of hydrogen-bond donors (Lipinski definition) is 1. The van der Waals surface area contributed by atoms with Crippen LogP contribution in [0.15, 0.2) is 22.7 Å².